The van der Waals surface area contributed by atoms with Gasteiger partial charge in [0.1, 0.15) is 0 Å². The molecular formula is C16H36O2Si. The highest BCUT2D eigenvalue weighted by molar-refractivity contribution is 6.70. The van der Waals surface area contributed by atoms with E-state index in [1.165, 1.54) is 0 Å². The van der Waals surface area contributed by atoms with E-state index in [1.54, 1.807) is 0 Å². The van der Waals surface area contributed by atoms with Crippen LogP contribution in [0.15, 0.2) is 0 Å². The van der Waals surface area contributed by atoms with Crippen molar-refractivity contribution in [3.05, 3.63) is 0 Å². The van der Waals surface area contributed by atoms with E-state index in [1.807, 2.05) is 0 Å². The molecule has 0 fully saturated rings. The topological polar surface area (TPSA) is 18.5 Å². The van der Waals surface area contributed by atoms with Crippen LogP contribution in [0.1, 0.15) is 82.1 Å². The molecule has 0 radical (unpaired) electrons. The third-order valence-electron chi connectivity index (χ3n) is 3.53. The SMILES string of the molecule is CCC(C)[Si](OC(C)(C)C)(OC(C)(C)C)C(C)CC. The van der Waals surface area contributed by atoms with Crippen LogP contribution >= 0.6 is 0 Å². The van der Waals surface area contributed by atoms with Gasteiger partial charge in [0.05, 0.1) is 11.2 Å². The second-order valence-electron chi connectivity index (χ2n) is 7.77. The van der Waals surface area contributed by atoms with E-state index in [-0.39, 0.29) is 11.2 Å². The molecule has 0 N–H and O–H groups in total. The first-order valence-electron chi connectivity index (χ1n) is 7.78. The highest BCUT2D eigenvalue weighted by Crippen LogP contribution is 2.43. The fourth-order valence-electron chi connectivity index (χ4n) is 2.44. The Balaban J connectivity index is 5.58. The minimum absolute atomic E-state index is 0.148. The standard InChI is InChI=1S/C16H36O2Si/c1-11-13(3)19(14(4)12-2,17-15(5,6)7)18-16(8,9)10/h13-14H,11-12H2,1-10H3. The zero-order valence-electron chi connectivity index (χ0n) is 14.9. The lowest BCUT2D eigenvalue weighted by molar-refractivity contribution is 0.00352. The van der Waals surface area contributed by atoms with Crippen molar-refractivity contribution < 1.29 is 8.85 Å². The van der Waals surface area contributed by atoms with Crippen LogP contribution in [-0.2, 0) is 8.85 Å². The van der Waals surface area contributed by atoms with Crippen molar-refractivity contribution in [1.82, 2.24) is 0 Å². The maximum atomic E-state index is 6.62. The maximum Gasteiger partial charge on any atom is 0.344 e. The van der Waals surface area contributed by atoms with E-state index in [4.69, 9.17) is 8.85 Å². The summed E-state index contributed by atoms with van der Waals surface area (Å²) in [6, 6.07) is 0. The normalized spacial score (nSPS) is 17.4. The van der Waals surface area contributed by atoms with Gasteiger partial charge in [-0.2, -0.15) is 0 Å². The molecule has 2 unspecified atom stereocenters. The molecular weight excluding hydrogens is 252 g/mol. The Morgan fingerprint density at radius 3 is 1.16 bits per heavy atom. The molecule has 0 aromatic carbocycles. The fraction of sp³-hybridized carbons (Fsp3) is 1.00. The van der Waals surface area contributed by atoms with Crippen molar-refractivity contribution in [1.29, 1.82) is 0 Å². The summed E-state index contributed by atoms with van der Waals surface area (Å²) in [5.41, 5.74) is 0.705. The minimum atomic E-state index is -2.27. The minimum Gasteiger partial charge on any atom is -0.389 e. The van der Waals surface area contributed by atoms with E-state index < -0.39 is 8.56 Å². The van der Waals surface area contributed by atoms with Crippen molar-refractivity contribution >= 4 is 8.56 Å². The molecule has 0 aliphatic rings. The van der Waals surface area contributed by atoms with E-state index in [0.29, 0.717) is 11.1 Å². The van der Waals surface area contributed by atoms with Gasteiger partial charge in [-0.25, -0.2) is 0 Å². The van der Waals surface area contributed by atoms with Crippen LogP contribution in [0, 0.1) is 0 Å². The molecule has 0 aromatic heterocycles. The van der Waals surface area contributed by atoms with Crippen LogP contribution in [-0.4, -0.2) is 19.8 Å². The van der Waals surface area contributed by atoms with Crippen molar-refractivity contribution in [3.8, 4) is 0 Å². The molecule has 0 saturated carbocycles. The molecule has 3 heteroatoms. The number of hydrogen-bond donors (Lipinski definition) is 0. The first-order valence-corrected chi connectivity index (χ1v) is 9.75. The van der Waals surface area contributed by atoms with E-state index in [2.05, 4.69) is 69.2 Å². The molecule has 19 heavy (non-hydrogen) atoms. The lowest BCUT2D eigenvalue weighted by Gasteiger charge is -2.47. The lowest BCUT2D eigenvalue weighted by atomic mass is 10.2. The van der Waals surface area contributed by atoms with Gasteiger partial charge in [-0.1, -0.05) is 40.5 Å². The average molecular weight is 289 g/mol. The first-order chi connectivity index (χ1) is 8.38. The summed E-state index contributed by atoms with van der Waals surface area (Å²) in [6.07, 6.45) is 2.23. The predicted octanol–water partition coefficient (Wildman–Crippen LogP) is 5.66. The third-order valence-corrected chi connectivity index (χ3v) is 8.96. The summed E-state index contributed by atoms with van der Waals surface area (Å²) >= 11 is 0. The average Bonchev–Trinajstić information content (AvgIpc) is 2.21. The Kier molecular flexibility index (Phi) is 6.78. The van der Waals surface area contributed by atoms with Gasteiger partial charge >= 0.3 is 8.56 Å². The van der Waals surface area contributed by atoms with Crippen LogP contribution in [0.5, 0.6) is 0 Å². The largest absolute Gasteiger partial charge is 0.389 e. The molecule has 116 valence electrons. The Labute approximate surface area is 122 Å². The molecule has 2 nitrogen and oxygen atoms in total. The van der Waals surface area contributed by atoms with E-state index >= 15 is 0 Å². The van der Waals surface area contributed by atoms with E-state index in [9.17, 15) is 0 Å². The predicted molar refractivity (Wildman–Crippen MR) is 86.9 cm³/mol. The highest BCUT2D eigenvalue weighted by atomic mass is 28.4. The van der Waals surface area contributed by atoms with Gasteiger partial charge in [-0.3, -0.25) is 0 Å². The van der Waals surface area contributed by atoms with Gasteiger partial charge in [0.2, 0.25) is 0 Å². The number of rotatable bonds is 6. The highest BCUT2D eigenvalue weighted by Gasteiger charge is 2.51. The van der Waals surface area contributed by atoms with Crippen LogP contribution < -0.4 is 0 Å². The van der Waals surface area contributed by atoms with Crippen LogP contribution in [0.4, 0.5) is 0 Å². The van der Waals surface area contributed by atoms with Gasteiger partial charge in [0.15, 0.2) is 0 Å². The Morgan fingerprint density at radius 2 is 1.00 bits per heavy atom. The van der Waals surface area contributed by atoms with E-state index in [0.717, 1.165) is 12.8 Å². The van der Waals surface area contributed by atoms with Crippen molar-refractivity contribution in [2.45, 2.75) is 104 Å². The van der Waals surface area contributed by atoms with Gasteiger partial charge in [-0.15, -0.1) is 0 Å². The first kappa shape index (κ1) is 19.1. The van der Waals surface area contributed by atoms with Crippen molar-refractivity contribution in [2.75, 3.05) is 0 Å². The lowest BCUT2D eigenvalue weighted by Crippen LogP contribution is -2.56. The molecule has 0 saturated heterocycles. The quantitative estimate of drug-likeness (QED) is 0.587. The summed E-state index contributed by atoms with van der Waals surface area (Å²) in [7, 11) is -2.27. The smallest absolute Gasteiger partial charge is 0.344 e. The summed E-state index contributed by atoms with van der Waals surface area (Å²) in [4.78, 5) is 0. The monoisotopic (exact) mass is 288 g/mol. The molecule has 0 aromatic rings. The molecule has 0 aliphatic heterocycles. The zero-order valence-corrected chi connectivity index (χ0v) is 15.9. The summed E-state index contributed by atoms with van der Waals surface area (Å²) in [5, 5.41) is 0. The molecule has 0 rings (SSSR count). The van der Waals surface area contributed by atoms with Crippen molar-refractivity contribution in [2.24, 2.45) is 0 Å². The number of hydrogen-bond acceptors (Lipinski definition) is 2. The summed E-state index contributed by atoms with van der Waals surface area (Å²) < 4.78 is 13.2. The van der Waals surface area contributed by atoms with Crippen LogP contribution in [0.2, 0.25) is 11.1 Å². The second-order valence-corrected chi connectivity index (χ2v) is 11.6. The van der Waals surface area contributed by atoms with Gasteiger partial charge in [0, 0.05) is 0 Å². The van der Waals surface area contributed by atoms with Crippen LogP contribution in [0.3, 0.4) is 0 Å². The Hall–Kier alpha value is 0.137. The summed E-state index contributed by atoms with van der Waals surface area (Å²) in [5.74, 6) is 0. The molecule has 0 bridgehead atoms. The maximum absolute atomic E-state index is 6.62. The molecule has 0 aliphatic carbocycles. The fourth-order valence-corrected chi connectivity index (χ4v) is 7.31. The third kappa shape index (κ3) is 5.97. The second kappa shape index (κ2) is 6.73. The zero-order chi connectivity index (χ0) is 15.5. The van der Waals surface area contributed by atoms with Crippen molar-refractivity contribution in [3.63, 3.8) is 0 Å². The molecule has 0 spiro atoms. The summed E-state index contributed by atoms with van der Waals surface area (Å²) in [6.45, 7) is 22.0. The van der Waals surface area contributed by atoms with Gasteiger partial charge < -0.3 is 8.85 Å². The molecule has 2 atom stereocenters. The van der Waals surface area contributed by atoms with Gasteiger partial charge in [-0.05, 0) is 52.6 Å². The molecule has 0 amide bonds. The van der Waals surface area contributed by atoms with Gasteiger partial charge in [0.25, 0.3) is 0 Å². The Morgan fingerprint density at radius 1 is 0.737 bits per heavy atom. The molecule has 0 heterocycles. The van der Waals surface area contributed by atoms with Crippen LogP contribution in [0.25, 0.3) is 0 Å². The Bertz CT molecular complexity index is 235.